The number of nitro groups is 1. The van der Waals surface area contributed by atoms with Gasteiger partial charge in [0.25, 0.3) is 10.0 Å². The van der Waals surface area contributed by atoms with Gasteiger partial charge in [-0.25, -0.2) is 8.42 Å². The third kappa shape index (κ3) is 3.09. The maximum Gasteiger partial charge on any atom is 0.324 e. The highest BCUT2D eigenvalue weighted by Gasteiger charge is 2.33. The van der Waals surface area contributed by atoms with E-state index < -0.39 is 31.3 Å². The van der Waals surface area contributed by atoms with E-state index in [2.05, 4.69) is 13.2 Å². The lowest BCUT2D eigenvalue weighted by atomic mass is 10.3. The molecule has 0 aliphatic rings. The molecule has 0 aliphatic heterocycles. The number of nitro benzene ring substituents is 1. The predicted octanol–water partition coefficient (Wildman–Crippen LogP) is 2.10. The lowest BCUT2D eigenvalue weighted by Crippen LogP contribution is -2.32. The highest BCUT2D eigenvalue weighted by atomic mass is 32.2. The second kappa shape index (κ2) is 6.40. The van der Waals surface area contributed by atoms with Gasteiger partial charge in [-0.1, -0.05) is 18.2 Å². The minimum absolute atomic E-state index is 0.0674. The van der Waals surface area contributed by atoms with E-state index in [0.29, 0.717) is 0 Å². The summed E-state index contributed by atoms with van der Waals surface area (Å²) in [6, 6.07) is 2.94. The van der Waals surface area contributed by atoms with Crippen molar-refractivity contribution in [3.05, 3.63) is 59.4 Å². The zero-order valence-corrected chi connectivity index (χ0v) is 11.3. The van der Waals surface area contributed by atoms with Gasteiger partial charge in [0.2, 0.25) is 5.82 Å². The van der Waals surface area contributed by atoms with Crippen molar-refractivity contribution in [1.82, 2.24) is 4.31 Å². The molecule has 1 aromatic rings. The molecule has 0 heterocycles. The van der Waals surface area contributed by atoms with Crippen LogP contribution in [-0.2, 0) is 10.0 Å². The molecule has 0 bridgehead atoms. The molecule has 1 aromatic carbocycles. The van der Waals surface area contributed by atoms with E-state index in [1.807, 2.05) is 0 Å². The topological polar surface area (TPSA) is 80.5 Å². The van der Waals surface area contributed by atoms with Gasteiger partial charge in [0.15, 0.2) is 4.90 Å². The number of nitrogens with zero attached hydrogens (tertiary/aromatic N) is 2. The van der Waals surface area contributed by atoms with E-state index in [1.165, 1.54) is 12.2 Å². The first-order valence-corrected chi connectivity index (χ1v) is 6.95. The Morgan fingerprint density at radius 2 is 1.85 bits per heavy atom. The summed E-state index contributed by atoms with van der Waals surface area (Å²) < 4.78 is 39.1. The first-order chi connectivity index (χ1) is 9.36. The van der Waals surface area contributed by atoms with Crippen molar-refractivity contribution in [2.24, 2.45) is 0 Å². The molecule has 8 heteroatoms. The summed E-state index contributed by atoms with van der Waals surface area (Å²) in [7, 11) is -4.21. The van der Waals surface area contributed by atoms with Crippen molar-refractivity contribution < 1.29 is 17.7 Å². The molecule has 0 unspecified atom stereocenters. The molecule has 0 atom stereocenters. The molecule has 108 valence electrons. The Bertz CT molecular complexity index is 633. The van der Waals surface area contributed by atoms with Crippen molar-refractivity contribution in [2.75, 3.05) is 13.1 Å². The fraction of sp³-hybridized carbons (Fsp3) is 0.167. The Balaban J connectivity index is 3.48. The Hall–Kier alpha value is -2.06. The number of halogens is 1. The number of hydrogen-bond acceptors (Lipinski definition) is 4. The minimum Gasteiger partial charge on any atom is -0.258 e. The van der Waals surface area contributed by atoms with Crippen LogP contribution in [-0.4, -0.2) is 30.7 Å². The van der Waals surface area contributed by atoms with Crippen molar-refractivity contribution in [3.8, 4) is 0 Å². The number of para-hydroxylation sites is 1. The molecule has 20 heavy (non-hydrogen) atoms. The maximum absolute atomic E-state index is 13.5. The van der Waals surface area contributed by atoms with Gasteiger partial charge in [-0.3, -0.25) is 10.1 Å². The SMILES string of the molecule is C=CCN(CC=C)S(=O)(=O)c1cccc(F)c1[N+](=O)[O-]. The monoisotopic (exact) mass is 300 g/mol. The van der Waals surface area contributed by atoms with Crippen LogP contribution in [0.5, 0.6) is 0 Å². The Kier molecular flexibility index (Phi) is 5.12. The number of sulfonamides is 1. The molecule has 0 aromatic heterocycles. The third-order valence-electron chi connectivity index (χ3n) is 2.42. The van der Waals surface area contributed by atoms with Crippen LogP contribution in [0.15, 0.2) is 48.4 Å². The Morgan fingerprint density at radius 1 is 1.30 bits per heavy atom. The summed E-state index contributed by atoms with van der Waals surface area (Å²) in [6.45, 7) is 6.70. The van der Waals surface area contributed by atoms with Gasteiger partial charge in [0.05, 0.1) is 4.92 Å². The van der Waals surface area contributed by atoms with Crippen LogP contribution in [0.1, 0.15) is 0 Å². The number of benzene rings is 1. The number of rotatable bonds is 7. The summed E-state index contributed by atoms with van der Waals surface area (Å²) in [5, 5.41) is 10.9. The molecule has 0 aliphatic carbocycles. The molecule has 1 rings (SSSR count). The van der Waals surface area contributed by atoms with Crippen molar-refractivity contribution >= 4 is 15.7 Å². The average Bonchev–Trinajstić information content (AvgIpc) is 2.37. The van der Waals surface area contributed by atoms with Gasteiger partial charge in [0.1, 0.15) is 0 Å². The van der Waals surface area contributed by atoms with E-state index in [9.17, 15) is 22.9 Å². The van der Waals surface area contributed by atoms with Crippen molar-refractivity contribution in [3.63, 3.8) is 0 Å². The van der Waals surface area contributed by atoms with Gasteiger partial charge in [-0.2, -0.15) is 8.70 Å². The minimum atomic E-state index is -4.21. The van der Waals surface area contributed by atoms with Crippen molar-refractivity contribution in [1.29, 1.82) is 0 Å². The summed E-state index contributed by atoms with van der Waals surface area (Å²) in [5.41, 5.74) is -1.06. The van der Waals surface area contributed by atoms with Gasteiger partial charge in [0, 0.05) is 13.1 Å². The van der Waals surface area contributed by atoms with Gasteiger partial charge < -0.3 is 0 Å². The van der Waals surface area contributed by atoms with Gasteiger partial charge >= 0.3 is 5.69 Å². The van der Waals surface area contributed by atoms with Crippen LogP contribution >= 0.6 is 0 Å². The zero-order valence-electron chi connectivity index (χ0n) is 10.5. The standard InChI is InChI=1S/C12H13FN2O4S/c1-3-8-14(9-4-2)20(18,19)11-7-5-6-10(13)12(11)15(16)17/h3-7H,1-2,8-9H2. The highest BCUT2D eigenvalue weighted by Crippen LogP contribution is 2.29. The molecular weight excluding hydrogens is 287 g/mol. The molecule has 0 spiro atoms. The van der Waals surface area contributed by atoms with E-state index in [-0.39, 0.29) is 13.1 Å². The van der Waals surface area contributed by atoms with E-state index in [0.717, 1.165) is 22.5 Å². The molecule has 0 N–H and O–H groups in total. The van der Waals surface area contributed by atoms with E-state index in [4.69, 9.17) is 0 Å². The normalized spacial score (nSPS) is 11.3. The fourth-order valence-electron chi connectivity index (χ4n) is 1.58. The predicted molar refractivity (Wildman–Crippen MR) is 72.2 cm³/mol. The second-order valence-corrected chi connectivity index (χ2v) is 5.65. The van der Waals surface area contributed by atoms with Gasteiger partial charge in [-0.05, 0) is 12.1 Å². The largest absolute Gasteiger partial charge is 0.324 e. The van der Waals surface area contributed by atoms with Crippen LogP contribution in [0.4, 0.5) is 10.1 Å². The smallest absolute Gasteiger partial charge is 0.258 e. The molecule has 0 saturated heterocycles. The second-order valence-electron chi connectivity index (χ2n) is 3.74. The lowest BCUT2D eigenvalue weighted by molar-refractivity contribution is -0.390. The average molecular weight is 300 g/mol. The Morgan fingerprint density at radius 3 is 2.30 bits per heavy atom. The molecular formula is C12H13FN2O4S. The van der Waals surface area contributed by atoms with Crippen LogP contribution in [0.3, 0.4) is 0 Å². The first kappa shape index (κ1) is 16.0. The lowest BCUT2D eigenvalue weighted by Gasteiger charge is -2.18. The summed E-state index contributed by atoms with van der Waals surface area (Å²) in [6.07, 6.45) is 2.65. The van der Waals surface area contributed by atoms with Crippen LogP contribution < -0.4 is 0 Å². The molecule has 6 nitrogen and oxygen atoms in total. The van der Waals surface area contributed by atoms with E-state index in [1.54, 1.807) is 0 Å². The summed E-state index contributed by atoms with van der Waals surface area (Å²) in [4.78, 5) is 9.13. The zero-order chi connectivity index (χ0) is 15.3. The molecule has 0 amide bonds. The highest BCUT2D eigenvalue weighted by molar-refractivity contribution is 7.89. The number of hydrogen-bond donors (Lipinski definition) is 0. The van der Waals surface area contributed by atoms with Gasteiger partial charge in [-0.15, -0.1) is 13.2 Å². The summed E-state index contributed by atoms with van der Waals surface area (Å²) in [5.74, 6) is -1.20. The molecule has 0 radical (unpaired) electrons. The Labute approximate surface area is 116 Å². The van der Waals surface area contributed by atoms with E-state index >= 15 is 0 Å². The van der Waals surface area contributed by atoms with Crippen LogP contribution in [0.25, 0.3) is 0 Å². The van der Waals surface area contributed by atoms with Crippen molar-refractivity contribution in [2.45, 2.75) is 4.90 Å². The molecule has 0 fully saturated rings. The third-order valence-corrected chi connectivity index (χ3v) is 4.28. The first-order valence-electron chi connectivity index (χ1n) is 5.51. The fourth-order valence-corrected chi connectivity index (χ4v) is 3.13. The summed E-state index contributed by atoms with van der Waals surface area (Å²) >= 11 is 0. The quantitative estimate of drug-likeness (QED) is 0.439. The van der Waals surface area contributed by atoms with Crippen LogP contribution in [0.2, 0.25) is 0 Å². The van der Waals surface area contributed by atoms with Crippen LogP contribution in [0, 0.1) is 15.9 Å². The maximum atomic E-state index is 13.5. The molecule has 0 saturated carbocycles.